The summed E-state index contributed by atoms with van der Waals surface area (Å²) in [5.41, 5.74) is 1.20. The minimum Gasteiger partial charge on any atom is -0.458 e. The zero-order valence-corrected chi connectivity index (χ0v) is 18.0. The third-order valence-electron chi connectivity index (χ3n) is 6.50. The van der Waals surface area contributed by atoms with Gasteiger partial charge in [0.2, 0.25) is 0 Å². The van der Waals surface area contributed by atoms with Crippen molar-refractivity contribution >= 4 is 23.2 Å². The van der Waals surface area contributed by atoms with Crippen molar-refractivity contribution in [1.82, 2.24) is 9.47 Å². The van der Waals surface area contributed by atoms with Gasteiger partial charge >= 0.3 is 5.97 Å². The highest BCUT2D eigenvalue weighted by Crippen LogP contribution is 2.41. The largest absolute Gasteiger partial charge is 0.458 e. The van der Waals surface area contributed by atoms with Gasteiger partial charge in [0.25, 0.3) is 5.56 Å². The molecule has 2 atom stereocenters. The molecule has 32 heavy (non-hydrogen) atoms. The van der Waals surface area contributed by atoms with Crippen molar-refractivity contribution in [2.24, 2.45) is 4.99 Å². The Morgan fingerprint density at radius 1 is 1.31 bits per heavy atom. The Bertz CT molecular complexity index is 1280. The number of hydrogen-bond donors (Lipinski definition) is 2. The van der Waals surface area contributed by atoms with E-state index in [0.717, 1.165) is 0 Å². The Balaban J connectivity index is 1.69. The summed E-state index contributed by atoms with van der Waals surface area (Å²) in [5.74, 6) is -1.08. The molecule has 4 aliphatic rings. The minimum atomic E-state index is -1.55. The number of esters is 1. The van der Waals surface area contributed by atoms with E-state index in [-0.39, 0.29) is 30.1 Å². The second-order valence-electron chi connectivity index (χ2n) is 8.72. The van der Waals surface area contributed by atoms with Gasteiger partial charge in [-0.2, -0.15) is 0 Å². The molecule has 1 unspecified atom stereocenters. The maximum Gasteiger partial charge on any atom is 0.340 e. The quantitative estimate of drug-likeness (QED) is 0.651. The number of nitrogens with zero attached hydrogens (tertiary/aromatic N) is 3. The summed E-state index contributed by atoms with van der Waals surface area (Å²) in [5, 5.41) is 21.4. The molecular formula is C23H23N3O6. The van der Waals surface area contributed by atoms with Gasteiger partial charge in [0.15, 0.2) is 11.9 Å². The van der Waals surface area contributed by atoms with Gasteiger partial charge < -0.3 is 24.4 Å². The fraction of sp³-hybridized carbons (Fsp3) is 0.391. The van der Waals surface area contributed by atoms with Crippen molar-refractivity contribution in [2.45, 2.75) is 38.2 Å². The van der Waals surface area contributed by atoms with Crippen molar-refractivity contribution in [3.05, 3.63) is 62.1 Å². The minimum absolute atomic E-state index is 0.0312. The lowest BCUT2D eigenvalue weighted by Gasteiger charge is -2.35. The van der Waals surface area contributed by atoms with Crippen LogP contribution in [0, 0.1) is 0 Å². The van der Waals surface area contributed by atoms with Crippen molar-refractivity contribution in [3.63, 3.8) is 0 Å². The topological polar surface area (TPSA) is 121 Å². The highest BCUT2D eigenvalue weighted by Gasteiger charge is 2.43. The van der Waals surface area contributed by atoms with Crippen molar-refractivity contribution in [1.29, 1.82) is 0 Å². The molecule has 166 valence electrons. The molecule has 0 aromatic carbocycles. The lowest BCUT2D eigenvalue weighted by atomic mass is 9.77. The van der Waals surface area contributed by atoms with E-state index in [1.165, 1.54) is 4.57 Å². The number of likely N-dealkylation sites (N-methyl/N-ethyl adjacent to an activating group) is 1. The van der Waals surface area contributed by atoms with Crippen LogP contribution in [0.3, 0.4) is 0 Å². The molecular weight excluding hydrogens is 414 g/mol. The number of carbonyl (C=O) groups is 2. The van der Waals surface area contributed by atoms with Gasteiger partial charge in [-0.25, -0.2) is 9.79 Å². The number of fused-ring (bicyclic) bond motifs is 4. The fourth-order valence-corrected chi connectivity index (χ4v) is 4.74. The molecule has 0 fully saturated rings. The van der Waals surface area contributed by atoms with Gasteiger partial charge in [0, 0.05) is 17.7 Å². The highest BCUT2D eigenvalue weighted by atomic mass is 16.5. The molecule has 0 spiro atoms. The molecule has 0 bridgehead atoms. The Morgan fingerprint density at radius 3 is 2.75 bits per heavy atom. The molecule has 9 heteroatoms. The van der Waals surface area contributed by atoms with E-state index in [1.54, 1.807) is 18.2 Å². The summed E-state index contributed by atoms with van der Waals surface area (Å²) in [6.07, 6.45) is 2.15. The summed E-state index contributed by atoms with van der Waals surface area (Å²) in [6.45, 7) is 2.04. The number of aliphatic hydroxyl groups excluding tert-OH is 1. The molecule has 0 saturated carbocycles. The number of hydrogen-bond acceptors (Lipinski definition) is 8. The molecule has 1 aromatic heterocycles. The molecule has 5 rings (SSSR count). The first kappa shape index (κ1) is 20.7. The number of aromatic nitrogens is 1. The molecule has 1 aliphatic carbocycles. The standard InChI is InChI=1S/C23H23N3O6/c1-4-23(31)6-5-15-17(14(23)9-25(2)3)19(27)12-8-26-16(18(12)24-15)7-11-13(21(26)29)10-32-22(30)20(11)28/h5-7,20,28,31H,4,8-10H2,1-3H3/t20?,23-/m0/s1. The second kappa shape index (κ2) is 6.93. The number of pyridine rings is 1. The maximum atomic E-state index is 13.7. The van der Waals surface area contributed by atoms with Crippen LogP contribution < -0.4 is 5.56 Å². The number of ether oxygens (including phenoxy) is 1. The highest BCUT2D eigenvalue weighted by molar-refractivity contribution is 6.36. The lowest BCUT2D eigenvalue weighted by Crippen LogP contribution is -2.40. The van der Waals surface area contributed by atoms with Crippen LogP contribution in [-0.4, -0.2) is 63.4 Å². The smallest absolute Gasteiger partial charge is 0.340 e. The number of carbonyl (C=O) groups excluding carboxylic acids is 2. The first-order chi connectivity index (χ1) is 15.2. The number of allylic oxidation sites excluding steroid dienone is 3. The normalized spacial score (nSPS) is 26.1. The van der Waals surface area contributed by atoms with Gasteiger partial charge in [-0.3, -0.25) is 9.59 Å². The first-order valence-electron chi connectivity index (χ1n) is 10.4. The molecule has 2 N–H and O–H groups in total. The monoisotopic (exact) mass is 437 g/mol. The molecule has 1 aromatic rings. The van der Waals surface area contributed by atoms with Gasteiger partial charge in [0.05, 0.1) is 34.8 Å². The summed E-state index contributed by atoms with van der Waals surface area (Å²) in [6, 6.07) is 1.55. The zero-order valence-electron chi connectivity index (χ0n) is 18.0. The lowest BCUT2D eigenvalue weighted by molar-refractivity contribution is -0.157. The third kappa shape index (κ3) is 2.75. The van der Waals surface area contributed by atoms with E-state index in [0.29, 0.717) is 46.8 Å². The van der Waals surface area contributed by atoms with E-state index < -0.39 is 23.2 Å². The van der Waals surface area contributed by atoms with Crippen LogP contribution in [-0.2, 0) is 27.5 Å². The van der Waals surface area contributed by atoms with Crippen LogP contribution in [0.2, 0.25) is 0 Å². The van der Waals surface area contributed by atoms with Crippen LogP contribution in [0.25, 0.3) is 5.70 Å². The SMILES string of the molecule is CC[C@]1(O)C=CC2=NC3=C(Cn4c3cc3c(c4=O)COC(=O)C3O)C(=O)C2=C1CN(C)C. The Labute approximate surface area is 183 Å². The average molecular weight is 437 g/mol. The van der Waals surface area contributed by atoms with E-state index in [4.69, 9.17) is 9.73 Å². The zero-order chi connectivity index (χ0) is 22.9. The van der Waals surface area contributed by atoms with Crippen LogP contribution in [0.15, 0.2) is 44.7 Å². The Kier molecular flexibility index (Phi) is 4.49. The molecule has 0 saturated heterocycles. The van der Waals surface area contributed by atoms with Gasteiger partial charge in [-0.05, 0) is 44.3 Å². The predicted octanol–water partition coefficient (Wildman–Crippen LogP) is 0.256. The Morgan fingerprint density at radius 2 is 2.06 bits per heavy atom. The predicted molar refractivity (Wildman–Crippen MR) is 115 cm³/mol. The molecule has 0 radical (unpaired) electrons. The van der Waals surface area contributed by atoms with Crippen molar-refractivity contribution < 1.29 is 24.5 Å². The molecule has 9 nitrogen and oxygen atoms in total. The van der Waals surface area contributed by atoms with Gasteiger partial charge in [0.1, 0.15) is 12.2 Å². The van der Waals surface area contributed by atoms with Crippen molar-refractivity contribution in [2.75, 3.05) is 20.6 Å². The summed E-state index contributed by atoms with van der Waals surface area (Å²) < 4.78 is 6.33. The number of aliphatic imine (C=N–C) groups is 1. The van der Waals surface area contributed by atoms with E-state index in [2.05, 4.69) is 0 Å². The van der Waals surface area contributed by atoms with Gasteiger partial charge in [-0.1, -0.05) is 6.92 Å². The number of Topliss-reactive ketones (excluding diaryl/α,β-unsaturated/α-hetero) is 1. The number of aliphatic hydroxyl groups is 2. The number of ketones is 1. The van der Waals surface area contributed by atoms with Crippen LogP contribution >= 0.6 is 0 Å². The second-order valence-corrected chi connectivity index (χ2v) is 8.72. The molecule has 4 heterocycles. The van der Waals surface area contributed by atoms with E-state index in [9.17, 15) is 24.6 Å². The Hall–Kier alpha value is -3.14. The molecule has 0 amide bonds. The van der Waals surface area contributed by atoms with Gasteiger partial charge in [-0.15, -0.1) is 0 Å². The first-order valence-corrected chi connectivity index (χ1v) is 10.4. The van der Waals surface area contributed by atoms with Crippen LogP contribution in [0.4, 0.5) is 0 Å². The third-order valence-corrected chi connectivity index (χ3v) is 6.50. The average Bonchev–Trinajstić information content (AvgIpc) is 3.12. The van der Waals surface area contributed by atoms with Crippen LogP contribution in [0.5, 0.6) is 0 Å². The summed E-state index contributed by atoms with van der Waals surface area (Å²) >= 11 is 0. The number of rotatable bonds is 3. The van der Waals surface area contributed by atoms with E-state index in [1.807, 2.05) is 25.9 Å². The summed E-state index contributed by atoms with van der Waals surface area (Å²) in [7, 11) is 3.72. The fourth-order valence-electron chi connectivity index (χ4n) is 4.74. The summed E-state index contributed by atoms with van der Waals surface area (Å²) in [4.78, 5) is 45.1. The number of cyclic esters (lactones) is 1. The molecule has 3 aliphatic heterocycles. The maximum absolute atomic E-state index is 13.7. The van der Waals surface area contributed by atoms with Crippen molar-refractivity contribution in [3.8, 4) is 0 Å². The van der Waals surface area contributed by atoms with Crippen LogP contribution in [0.1, 0.15) is 36.3 Å². The van der Waals surface area contributed by atoms with E-state index >= 15 is 0 Å².